The van der Waals surface area contributed by atoms with E-state index in [2.05, 4.69) is 20.2 Å². The number of alkyl halides is 3. The number of nitrogens with zero attached hydrogens (tertiary/aromatic N) is 2. The molecule has 47 heavy (non-hydrogen) atoms. The molecule has 1 aliphatic carbocycles. The molecule has 1 heterocycles. The van der Waals surface area contributed by atoms with E-state index in [0.717, 1.165) is 37.3 Å². The monoisotopic (exact) mass is 672 g/mol. The first-order chi connectivity index (χ1) is 22.2. The first kappa shape index (κ1) is 33.5. The predicted octanol–water partition coefficient (Wildman–Crippen LogP) is 7.41. The summed E-state index contributed by atoms with van der Waals surface area (Å²) in [5.41, 5.74) is 2.10. The summed E-state index contributed by atoms with van der Waals surface area (Å²) in [6.07, 6.45) is -0.863. The van der Waals surface area contributed by atoms with Crippen molar-refractivity contribution >= 4 is 21.2 Å². The van der Waals surface area contributed by atoms with Crippen LogP contribution in [-0.2, 0) is 16.4 Å². The number of oxazole rings is 1. The third-order valence-corrected chi connectivity index (χ3v) is 8.54. The fourth-order valence-electron chi connectivity index (χ4n) is 5.00. The van der Waals surface area contributed by atoms with Gasteiger partial charge in [-0.05, 0) is 72.5 Å². The molecule has 0 unspecified atom stereocenters. The average Bonchev–Trinajstić information content (AvgIpc) is 3.78. The number of halogens is 4. The van der Waals surface area contributed by atoms with Crippen LogP contribution in [0.3, 0.4) is 0 Å². The summed E-state index contributed by atoms with van der Waals surface area (Å²) in [7, 11) is -3.94. The number of aliphatic hydroxyl groups is 1. The number of nitrogens with one attached hydrogen (secondary N) is 2. The highest BCUT2D eigenvalue weighted by Crippen LogP contribution is 2.41. The Morgan fingerprint density at radius 3 is 2.40 bits per heavy atom. The van der Waals surface area contributed by atoms with Gasteiger partial charge in [0, 0.05) is 59.0 Å². The molecule has 15 heteroatoms. The number of nitroso groups, excluding NO2 is 1. The molecular weight excluding hydrogens is 644 g/mol. The van der Waals surface area contributed by atoms with Crippen molar-refractivity contribution in [3.63, 3.8) is 0 Å². The number of sulfone groups is 1. The van der Waals surface area contributed by atoms with Crippen molar-refractivity contribution in [2.75, 3.05) is 18.1 Å². The minimum absolute atomic E-state index is 0.0281. The van der Waals surface area contributed by atoms with Crippen LogP contribution in [0, 0.1) is 29.0 Å². The van der Waals surface area contributed by atoms with Gasteiger partial charge in [-0.3, -0.25) is 0 Å². The van der Waals surface area contributed by atoms with Crippen LogP contribution in [0.2, 0.25) is 0 Å². The van der Waals surface area contributed by atoms with Gasteiger partial charge in [0.1, 0.15) is 23.8 Å². The van der Waals surface area contributed by atoms with E-state index < -0.39 is 34.4 Å². The second-order valence-electron chi connectivity index (χ2n) is 10.9. The molecule has 1 fully saturated rings. The lowest BCUT2D eigenvalue weighted by molar-refractivity contribution is -0.274. The Balaban J connectivity index is 1.66. The maximum absolute atomic E-state index is 15.1. The number of rotatable bonds is 12. The van der Waals surface area contributed by atoms with E-state index in [0.29, 0.717) is 28.0 Å². The van der Waals surface area contributed by atoms with Gasteiger partial charge >= 0.3 is 6.36 Å². The number of anilines is 1. The van der Waals surface area contributed by atoms with E-state index in [-0.39, 0.29) is 51.5 Å². The Hall–Kier alpha value is -4.89. The lowest BCUT2D eigenvalue weighted by Crippen LogP contribution is -2.16. The van der Waals surface area contributed by atoms with Crippen molar-refractivity contribution in [1.82, 2.24) is 4.98 Å². The number of aryl methyl sites for hydroxylation is 1. The smallest absolute Gasteiger partial charge is 0.440 e. The van der Waals surface area contributed by atoms with Gasteiger partial charge in [-0.15, -0.1) is 13.2 Å². The van der Waals surface area contributed by atoms with Crippen LogP contribution in [0.5, 0.6) is 5.75 Å². The average molecular weight is 673 g/mol. The third kappa shape index (κ3) is 7.74. The zero-order valence-electron chi connectivity index (χ0n) is 25.0. The summed E-state index contributed by atoms with van der Waals surface area (Å²) < 4.78 is 88.2. The lowest BCUT2D eigenvalue weighted by atomic mass is 9.97. The number of hydrogen-bond acceptors (Lipinski definition) is 10. The van der Waals surface area contributed by atoms with Crippen LogP contribution >= 0.6 is 0 Å². The first-order valence-corrected chi connectivity index (χ1v) is 16.0. The van der Waals surface area contributed by atoms with Gasteiger partial charge in [-0.1, -0.05) is 11.2 Å². The molecule has 1 aromatic heterocycles. The second kappa shape index (κ2) is 13.1. The largest absolute Gasteiger partial charge is 0.573 e. The normalized spacial score (nSPS) is 13.8. The third-order valence-electron chi connectivity index (χ3n) is 7.37. The summed E-state index contributed by atoms with van der Waals surface area (Å²) in [4.78, 5) is 15.2. The molecule has 0 amide bonds. The number of hydrogen-bond donors (Lipinski definition) is 3. The molecule has 0 radical (unpaired) electrons. The Kier molecular flexibility index (Phi) is 9.32. The first-order valence-electron chi connectivity index (χ1n) is 14.1. The van der Waals surface area contributed by atoms with E-state index in [1.165, 1.54) is 24.4 Å². The van der Waals surface area contributed by atoms with Gasteiger partial charge in [0.15, 0.2) is 21.5 Å². The van der Waals surface area contributed by atoms with Gasteiger partial charge in [0.25, 0.3) is 0 Å². The zero-order valence-corrected chi connectivity index (χ0v) is 25.8. The highest BCUT2D eigenvalue weighted by Gasteiger charge is 2.31. The molecule has 3 aromatic carbocycles. The molecule has 246 valence electrons. The molecule has 5 rings (SSSR count). The van der Waals surface area contributed by atoms with Gasteiger partial charge in [-0.2, -0.15) is 4.91 Å². The number of aromatic nitrogens is 1. The minimum atomic E-state index is -4.88. The van der Waals surface area contributed by atoms with Crippen LogP contribution < -0.4 is 10.1 Å². The van der Waals surface area contributed by atoms with E-state index in [4.69, 9.17) is 9.83 Å². The summed E-state index contributed by atoms with van der Waals surface area (Å²) >= 11 is 0. The predicted molar refractivity (Wildman–Crippen MR) is 166 cm³/mol. The van der Waals surface area contributed by atoms with Gasteiger partial charge < -0.3 is 25.0 Å². The molecule has 0 atom stereocenters. The maximum Gasteiger partial charge on any atom is 0.573 e. The summed E-state index contributed by atoms with van der Waals surface area (Å²) in [6, 6.07) is 12.0. The Bertz CT molecular complexity index is 1990. The quantitative estimate of drug-likeness (QED) is 0.0799. The van der Waals surface area contributed by atoms with Crippen LogP contribution in [0.4, 0.5) is 23.2 Å². The van der Waals surface area contributed by atoms with Crippen LogP contribution in [0.15, 0.2) is 80.9 Å². The van der Waals surface area contributed by atoms with E-state index >= 15 is 4.39 Å². The standard InChI is InChI=1S/C32H28F4N4O6S/c1-17-40-30(19-5-8-23(9-6-19)46-32(34,35)36)31(45-17)24-11-20(21-12-26(33)25(16-41)28(13-21)47(2,43)44)7-10-27(24)38-14-22(15-39-42)29(37)18-3-4-18/h5-14,18,37-38,41H,3-4,15-16H2,1-2H3/b22-14-,37-29?. The van der Waals surface area contributed by atoms with Crippen molar-refractivity contribution in [2.45, 2.75) is 37.6 Å². The van der Waals surface area contributed by atoms with E-state index in [1.54, 1.807) is 25.1 Å². The SMILES string of the molecule is Cc1nc(-c2ccc(OC(F)(F)F)cc2)c(-c2cc(-c3cc(F)c(CO)c(S(C)(=O)=O)c3)ccc2N/C=C(/CN=O)C(=N)C2CC2)o1. The Labute approximate surface area is 266 Å². The van der Waals surface area contributed by atoms with Crippen LogP contribution in [0.1, 0.15) is 24.3 Å². The molecule has 10 nitrogen and oxygen atoms in total. The molecule has 0 aliphatic heterocycles. The van der Waals surface area contributed by atoms with Crippen molar-refractivity contribution in [2.24, 2.45) is 11.1 Å². The second-order valence-corrected chi connectivity index (χ2v) is 12.9. The number of aliphatic hydroxyl groups excluding tert-OH is 1. The Morgan fingerprint density at radius 1 is 1.13 bits per heavy atom. The number of ether oxygens (including phenoxy) is 1. The summed E-state index contributed by atoms with van der Waals surface area (Å²) in [6.45, 7) is 0.479. The summed E-state index contributed by atoms with van der Waals surface area (Å²) in [5, 5.41) is 24.1. The molecule has 0 spiro atoms. The van der Waals surface area contributed by atoms with Gasteiger partial charge in [-0.25, -0.2) is 17.8 Å². The highest BCUT2D eigenvalue weighted by atomic mass is 32.2. The molecule has 0 bridgehead atoms. The molecular formula is C32H28F4N4O6S. The Morgan fingerprint density at radius 2 is 1.81 bits per heavy atom. The highest BCUT2D eigenvalue weighted by molar-refractivity contribution is 7.90. The fraction of sp³-hybridized carbons (Fsp3) is 0.250. The molecule has 3 N–H and O–H groups in total. The van der Waals surface area contributed by atoms with Gasteiger partial charge in [0.05, 0.1) is 11.5 Å². The molecule has 1 aliphatic rings. The number of benzene rings is 3. The van der Waals surface area contributed by atoms with Crippen molar-refractivity contribution < 1.29 is 40.2 Å². The lowest BCUT2D eigenvalue weighted by Gasteiger charge is -2.15. The van der Waals surface area contributed by atoms with Gasteiger partial charge in [0.2, 0.25) is 0 Å². The zero-order chi connectivity index (χ0) is 34.1. The van der Waals surface area contributed by atoms with Crippen molar-refractivity contribution in [3.8, 4) is 39.5 Å². The van der Waals surface area contributed by atoms with Crippen molar-refractivity contribution in [3.05, 3.63) is 88.5 Å². The fourth-order valence-corrected chi connectivity index (χ4v) is 5.95. The minimum Gasteiger partial charge on any atom is -0.440 e. The van der Waals surface area contributed by atoms with E-state index in [9.17, 15) is 31.6 Å². The van der Waals surface area contributed by atoms with E-state index in [1.807, 2.05) is 0 Å². The van der Waals surface area contributed by atoms with Crippen molar-refractivity contribution in [1.29, 1.82) is 5.41 Å². The molecule has 1 saturated carbocycles. The maximum atomic E-state index is 15.1. The molecule has 0 saturated heterocycles. The topological polar surface area (TPSA) is 155 Å². The summed E-state index contributed by atoms with van der Waals surface area (Å²) in [5.74, 6) is -0.981. The molecule has 4 aromatic rings. The van der Waals surface area contributed by atoms with Crippen LogP contribution in [-0.4, -0.2) is 43.4 Å². The van der Waals surface area contributed by atoms with Crippen LogP contribution in [0.25, 0.3) is 33.7 Å².